The molecule has 5 nitrogen and oxygen atoms in total. The predicted octanol–water partition coefficient (Wildman–Crippen LogP) is 1.10. The van der Waals surface area contributed by atoms with E-state index in [1.165, 1.54) is 19.1 Å². The number of ether oxygens (including phenoxy) is 1. The number of nitrogens with zero attached hydrogens (tertiary/aromatic N) is 1. The molecule has 6 heteroatoms. The summed E-state index contributed by atoms with van der Waals surface area (Å²) in [7, 11) is 1.16. The number of carbonyl (C=O) groups is 2. The Labute approximate surface area is 109 Å². The van der Waals surface area contributed by atoms with Gasteiger partial charge in [-0.25, -0.2) is 4.39 Å². The van der Waals surface area contributed by atoms with Crippen LogP contribution in [0.25, 0.3) is 0 Å². The Bertz CT molecular complexity index is 533. The Morgan fingerprint density at radius 2 is 2.11 bits per heavy atom. The molecule has 0 spiro atoms. The zero-order chi connectivity index (χ0) is 14.2. The van der Waals surface area contributed by atoms with E-state index in [1.54, 1.807) is 12.1 Å². The normalized spacial score (nSPS) is 25.1. The molecule has 0 unspecified atom stereocenters. The smallest absolute Gasteiger partial charge is 0.308 e. The van der Waals surface area contributed by atoms with Crippen LogP contribution in [0.5, 0.6) is 0 Å². The average molecular weight is 267 g/mol. The second-order valence-corrected chi connectivity index (χ2v) is 4.42. The van der Waals surface area contributed by atoms with Crippen molar-refractivity contribution in [2.75, 3.05) is 12.0 Å². The van der Waals surface area contributed by atoms with Crippen molar-refractivity contribution in [1.29, 1.82) is 0 Å². The number of carbonyl (C=O) groups excluding carboxylic acids is 2. The van der Waals surface area contributed by atoms with Gasteiger partial charge in [0.15, 0.2) is 5.60 Å². The monoisotopic (exact) mass is 267 g/mol. The highest BCUT2D eigenvalue weighted by molar-refractivity contribution is 5.95. The van der Waals surface area contributed by atoms with Gasteiger partial charge in [0.05, 0.1) is 19.2 Å². The lowest BCUT2D eigenvalue weighted by Gasteiger charge is -2.27. The predicted molar refractivity (Wildman–Crippen MR) is 65.0 cm³/mol. The zero-order valence-electron chi connectivity index (χ0n) is 10.6. The molecule has 102 valence electrons. The van der Waals surface area contributed by atoms with Crippen molar-refractivity contribution < 1.29 is 23.8 Å². The molecular formula is C13H14FNO4. The Hall–Kier alpha value is -1.95. The fraction of sp³-hybridized carbons (Fsp3) is 0.385. The van der Waals surface area contributed by atoms with E-state index < -0.39 is 30.2 Å². The largest absolute Gasteiger partial charge is 0.469 e. The molecule has 0 aliphatic carbocycles. The van der Waals surface area contributed by atoms with E-state index in [0.29, 0.717) is 0 Å². The SMILES string of the molecule is COC(=O)C[C@@]1(O)c2ccccc2N(C(C)=O)[C@H]1F. The third-order valence-electron chi connectivity index (χ3n) is 3.23. The summed E-state index contributed by atoms with van der Waals surface area (Å²) in [6.07, 6.45) is -2.56. The van der Waals surface area contributed by atoms with Crippen LogP contribution >= 0.6 is 0 Å². The number of methoxy groups -OCH3 is 1. The van der Waals surface area contributed by atoms with Crippen LogP contribution in [0.4, 0.5) is 10.1 Å². The van der Waals surface area contributed by atoms with E-state index >= 15 is 0 Å². The van der Waals surface area contributed by atoms with Crippen molar-refractivity contribution >= 4 is 17.6 Å². The lowest BCUT2D eigenvalue weighted by Crippen LogP contribution is -2.45. The van der Waals surface area contributed by atoms with E-state index in [0.717, 1.165) is 12.0 Å². The van der Waals surface area contributed by atoms with Crippen LogP contribution in [-0.2, 0) is 19.9 Å². The van der Waals surface area contributed by atoms with Gasteiger partial charge in [-0.15, -0.1) is 0 Å². The maximum Gasteiger partial charge on any atom is 0.308 e. The first-order valence-corrected chi connectivity index (χ1v) is 5.74. The molecule has 0 bridgehead atoms. The maximum atomic E-state index is 14.4. The van der Waals surface area contributed by atoms with Crippen molar-refractivity contribution in [2.45, 2.75) is 25.2 Å². The number of alkyl halides is 1. The fourth-order valence-corrected chi connectivity index (χ4v) is 2.31. The first-order valence-electron chi connectivity index (χ1n) is 5.74. The molecular weight excluding hydrogens is 253 g/mol. The minimum atomic E-state index is -2.07. The number of amides is 1. The number of hydrogen-bond donors (Lipinski definition) is 1. The number of para-hydroxylation sites is 1. The quantitative estimate of drug-likeness (QED) is 0.643. The second kappa shape index (κ2) is 4.62. The number of aliphatic hydroxyl groups is 1. The molecule has 0 aromatic heterocycles. The van der Waals surface area contributed by atoms with Gasteiger partial charge >= 0.3 is 5.97 Å². The Kier molecular flexibility index (Phi) is 3.28. The highest BCUT2D eigenvalue weighted by Gasteiger charge is 2.53. The second-order valence-electron chi connectivity index (χ2n) is 4.42. The minimum absolute atomic E-state index is 0.211. The minimum Gasteiger partial charge on any atom is -0.469 e. The summed E-state index contributed by atoms with van der Waals surface area (Å²) in [5, 5.41) is 10.5. The summed E-state index contributed by atoms with van der Waals surface area (Å²) in [5.74, 6) is -1.29. The number of hydrogen-bond acceptors (Lipinski definition) is 4. The van der Waals surface area contributed by atoms with Gasteiger partial charge in [-0.1, -0.05) is 18.2 Å². The first-order chi connectivity index (χ1) is 8.91. The van der Waals surface area contributed by atoms with Crippen LogP contribution in [0.2, 0.25) is 0 Å². The molecule has 0 fully saturated rings. The molecule has 0 radical (unpaired) electrons. The molecule has 2 rings (SSSR count). The van der Waals surface area contributed by atoms with Gasteiger partial charge in [-0.3, -0.25) is 14.5 Å². The summed E-state index contributed by atoms with van der Waals surface area (Å²) < 4.78 is 18.9. The molecule has 0 saturated carbocycles. The van der Waals surface area contributed by atoms with Crippen molar-refractivity contribution in [3.8, 4) is 0 Å². The molecule has 19 heavy (non-hydrogen) atoms. The van der Waals surface area contributed by atoms with Gasteiger partial charge in [0.2, 0.25) is 12.2 Å². The van der Waals surface area contributed by atoms with Gasteiger partial charge in [0, 0.05) is 12.5 Å². The third-order valence-corrected chi connectivity index (χ3v) is 3.23. The van der Waals surface area contributed by atoms with Gasteiger partial charge in [0.1, 0.15) is 0 Å². The lowest BCUT2D eigenvalue weighted by molar-refractivity contribution is -0.150. The van der Waals surface area contributed by atoms with Crippen molar-refractivity contribution in [3.63, 3.8) is 0 Å². The first kappa shape index (κ1) is 13.5. The summed E-state index contributed by atoms with van der Waals surface area (Å²) in [6, 6.07) is 6.26. The van der Waals surface area contributed by atoms with Crippen LogP contribution < -0.4 is 4.90 Å². The number of esters is 1. The number of benzene rings is 1. The van der Waals surface area contributed by atoms with Gasteiger partial charge in [-0.05, 0) is 6.07 Å². The molecule has 1 aromatic carbocycles. The molecule has 0 saturated heterocycles. The molecule has 1 N–H and O–H groups in total. The summed E-state index contributed by atoms with van der Waals surface area (Å²) in [6.45, 7) is 1.20. The Balaban J connectivity index is 2.51. The number of fused-ring (bicyclic) bond motifs is 1. The molecule has 1 aromatic rings. The van der Waals surface area contributed by atoms with E-state index in [4.69, 9.17) is 0 Å². The maximum absolute atomic E-state index is 14.4. The van der Waals surface area contributed by atoms with Gasteiger partial charge < -0.3 is 9.84 Å². The van der Waals surface area contributed by atoms with Crippen molar-refractivity contribution in [1.82, 2.24) is 0 Å². The van der Waals surface area contributed by atoms with E-state index in [2.05, 4.69) is 4.74 Å². The highest BCUT2D eigenvalue weighted by atomic mass is 19.1. The topological polar surface area (TPSA) is 66.8 Å². The fourth-order valence-electron chi connectivity index (χ4n) is 2.31. The third kappa shape index (κ3) is 1.98. The highest BCUT2D eigenvalue weighted by Crippen LogP contribution is 2.46. The standard InChI is InChI=1S/C13H14FNO4/c1-8(16)15-10-6-4-3-5-9(10)13(18,12(15)14)7-11(17)19-2/h3-6,12,18H,7H2,1-2H3/t12-,13-/m1/s1. The van der Waals surface area contributed by atoms with Crippen molar-refractivity contribution in [2.24, 2.45) is 0 Å². The number of halogens is 1. The molecule has 1 heterocycles. The summed E-state index contributed by atoms with van der Waals surface area (Å²) >= 11 is 0. The summed E-state index contributed by atoms with van der Waals surface area (Å²) in [4.78, 5) is 23.7. The van der Waals surface area contributed by atoms with Gasteiger partial charge in [-0.2, -0.15) is 0 Å². The summed E-state index contributed by atoms with van der Waals surface area (Å²) in [5.41, 5.74) is -1.59. The van der Waals surface area contributed by atoms with E-state index in [1.807, 2.05) is 0 Å². The number of rotatable bonds is 2. The zero-order valence-corrected chi connectivity index (χ0v) is 10.6. The van der Waals surface area contributed by atoms with E-state index in [9.17, 15) is 19.1 Å². The van der Waals surface area contributed by atoms with Crippen LogP contribution in [0, 0.1) is 0 Å². The van der Waals surface area contributed by atoms with E-state index in [-0.39, 0.29) is 11.3 Å². The number of anilines is 1. The average Bonchev–Trinajstić information content (AvgIpc) is 2.59. The molecule has 2 atom stereocenters. The Morgan fingerprint density at radius 1 is 1.47 bits per heavy atom. The molecule has 1 aliphatic heterocycles. The van der Waals surface area contributed by atoms with Gasteiger partial charge in [0.25, 0.3) is 0 Å². The van der Waals surface area contributed by atoms with Crippen LogP contribution in [0.3, 0.4) is 0 Å². The van der Waals surface area contributed by atoms with Crippen LogP contribution in [0.15, 0.2) is 24.3 Å². The molecule has 1 amide bonds. The lowest BCUT2D eigenvalue weighted by atomic mass is 9.92. The van der Waals surface area contributed by atoms with Crippen molar-refractivity contribution in [3.05, 3.63) is 29.8 Å². The Morgan fingerprint density at radius 3 is 2.68 bits per heavy atom. The molecule has 1 aliphatic rings. The van der Waals surface area contributed by atoms with Crippen LogP contribution in [-0.4, -0.2) is 30.4 Å². The van der Waals surface area contributed by atoms with Crippen LogP contribution in [0.1, 0.15) is 18.9 Å².